The number of benzene rings is 2. The topological polar surface area (TPSA) is 27.0 Å². The molecule has 19 heavy (non-hydrogen) atoms. The molecule has 0 radical (unpaired) electrons. The van der Waals surface area contributed by atoms with Crippen molar-refractivity contribution in [3.05, 3.63) is 64.7 Å². The summed E-state index contributed by atoms with van der Waals surface area (Å²) < 4.78 is 0. The molecule has 2 rings (SSSR count). The normalized spacial score (nSPS) is 11.7. The van der Waals surface area contributed by atoms with Crippen molar-refractivity contribution >= 4 is 17.3 Å². The van der Waals surface area contributed by atoms with E-state index >= 15 is 0 Å². The van der Waals surface area contributed by atoms with Crippen LogP contribution in [0.15, 0.2) is 48.5 Å². The summed E-state index contributed by atoms with van der Waals surface area (Å²) in [7, 11) is 2.02. The minimum atomic E-state index is 0.214. The molecule has 0 bridgehead atoms. The highest BCUT2D eigenvalue weighted by Gasteiger charge is 2.12. The number of nitriles is 1. The second kappa shape index (κ2) is 5.77. The maximum Gasteiger partial charge on any atom is 0.0992 e. The highest BCUT2D eigenvalue weighted by Crippen LogP contribution is 2.26. The van der Waals surface area contributed by atoms with E-state index in [1.807, 2.05) is 55.6 Å². The monoisotopic (exact) mass is 270 g/mol. The SMILES string of the molecule is CC(c1ccc(Cl)cc1)N(C)c1cccc(C#N)c1. The van der Waals surface area contributed by atoms with Crippen LogP contribution in [0.4, 0.5) is 5.69 Å². The Morgan fingerprint density at radius 3 is 2.47 bits per heavy atom. The van der Waals surface area contributed by atoms with Gasteiger partial charge in [-0.3, -0.25) is 0 Å². The quantitative estimate of drug-likeness (QED) is 0.826. The average Bonchev–Trinajstić information content (AvgIpc) is 2.46. The van der Waals surface area contributed by atoms with E-state index < -0.39 is 0 Å². The van der Waals surface area contributed by atoms with Crippen LogP contribution in [-0.2, 0) is 0 Å². The second-order valence-electron chi connectivity index (χ2n) is 4.50. The van der Waals surface area contributed by atoms with Crippen LogP contribution >= 0.6 is 11.6 Å². The number of halogens is 1. The fraction of sp³-hybridized carbons (Fsp3) is 0.188. The average molecular weight is 271 g/mol. The molecule has 0 heterocycles. The molecule has 0 saturated carbocycles. The van der Waals surface area contributed by atoms with Crippen molar-refractivity contribution in [2.24, 2.45) is 0 Å². The lowest BCUT2D eigenvalue weighted by Crippen LogP contribution is -2.21. The summed E-state index contributed by atoms with van der Waals surface area (Å²) in [6.45, 7) is 2.13. The van der Waals surface area contributed by atoms with Crippen LogP contribution in [0.5, 0.6) is 0 Å². The molecule has 0 fully saturated rings. The highest BCUT2D eigenvalue weighted by molar-refractivity contribution is 6.30. The van der Waals surface area contributed by atoms with E-state index in [1.165, 1.54) is 5.56 Å². The number of rotatable bonds is 3. The molecule has 3 heteroatoms. The van der Waals surface area contributed by atoms with Crippen LogP contribution < -0.4 is 4.90 Å². The van der Waals surface area contributed by atoms with E-state index in [0.29, 0.717) is 5.56 Å². The first-order valence-corrected chi connectivity index (χ1v) is 6.48. The first-order valence-electron chi connectivity index (χ1n) is 6.10. The third kappa shape index (κ3) is 3.07. The fourth-order valence-corrected chi connectivity index (χ4v) is 2.11. The molecule has 0 saturated heterocycles. The van der Waals surface area contributed by atoms with Crippen LogP contribution in [-0.4, -0.2) is 7.05 Å². The van der Waals surface area contributed by atoms with E-state index in [0.717, 1.165) is 10.7 Å². The van der Waals surface area contributed by atoms with E-state index in [2.05, 4.69) is 17.9 Å². The van der Waals surface area contributed by atoms with E-state index in [9.17, 15) is 0 Å². The van der Waals surface area contributed by atoms with Crippen LogP contribution in [0.2, 0.25) is 5.02 Å². The van der Waals surface area contributed by atoms with Gasteiger partial charge in [-0.05, 0) is 42.8 Å². The molecule has 1 unspecified atom stereocenters. The zero-order chi connectivity index (χ0) is 13.8. The van der Waals surface area contributed by atoms with Gasteiger partial charge in [-0.15, -0.1) is 0 Å². The summed E-state index contributed by atoms with van der Waals surface area (Å²) in [5, 5.41) is 9.69. The molecular formula is C16H15ClN2. The summed E-state index contributed by atoms with van der Waals surface area (Å²) in [6, 6.07) is 17.8. The lowest BCUT2D eigenvalue weighted by Gasteiger charge is -2.27. The van der Waals surface area contributed by atoms with Crippen molar-refractivity contribution in [1.29, 1.82) is 5.26 Å². The molecule has 0 N–H and O–H groups in total. The van der Waals surface area contributed by atoms with Gasteiger partial charge in [0.2, 0.25) is 0 Å². The molecule has 0 amide bonds. The van der Waals surface area contributed by atoms with E-state index in [-0.39, 0.29) is 6.04 Å². The van der Waals surface area contributed by atoms with E-state index in [4.69, 9.17) is 16.9 Å². The molecule has 96 valence electrons. The first-order chi connectivity index (χ1) is 9.11. The summed E-state index contributed by atoms with van der Waals surface area (Å²) in [6.07, 6.45) is 0. The molecule has 2 nitrogen and oxygen atoms in total. The summed E-state index contributed by atoms with van der Waals surface area (Å²) in [5.41, 5.74) is 2.89. The fourth-order valence-electron chi connectivity index (χ4n) is 1.98. The lowest BCUT2D eigenvalue weighted by molar-refractivity contribution is 0.740. The Balaban J connectivity index is 2.25. The van der Waals surface area contributed by atoms with Crippen LogP contribution in [0.3, 0.4) is 0 Å². The Hall–Kier alpha value is -1.98. The van der Waals surface area contributed by atoms with Gasteiger partial charge in [0.05, 0.1) is 17.7 Å². The van der Waals surface area contributed by atoms with Crippen molar-refractivity contribution in [3.63, 3.8) is 0 Å². The first kappa shape index (κ1) is 13.5. The van der Waals surface area contributed by atoms with Crippen LogP contribution in [0, 0.1) is 11.3 Å². The van der Waals surface area contributed by atoms with Crippen LogP contribution in [0.25, 0.3) is 0 Å². The zero-order valence-electron chi connectivity index (χ0n) is 11.0. The molecule has 0 aliphatic heterocycles. The Morgan fingerprint density at radius 2 is 1.84 bits per heavy atom. The third-order valence-electron chi connectivity index (χ3n) is 3.32. The largest absolute Gasteiger partial charge is 0.368 e. The molecule has 0 aromatic heterocycles. The molecule has 2 aromatic carbocycles. The van der Waals surface area contributed by atoms with E-state index in [1.54, 1.807) is 0 Å². The Bertz CT molecular complexity index is 599. The van der Waals surface area contributed by atoms with Crippen molar-refractivity contribution in [1.82, 2.24) is 0 Å². The smallest absolute Gasteiger partial charge is 0.0992 e. The zero-order valence-corrected chi connectivity index (χ0v) is 11.7. The minimum Gasteiger partial charge on any atom is -0.368 e. The van der Waals surface area contributed by atoms with Gasteiger partial charge in [-0.1, -0.05) is 29.8 Å². The maximum atomic E-state index is 8.95. The number of anilines is 1. The van der Waals surface area contributed by atoms with Gasteiger partial charge in [0.25, 0.3) is 0 Å². The van der Waals surface area contributed by atoms with Gasteiger partial charge in [0.1, 0.15) is 0 Å². The molecule has 0 aliphatic carbocycles. The Morgan fingerprint density at radius 1 is 1.16 bits per heavy atom. The standard InChI is InChI=1S/C16H15ClN2/c1-12(14-6-8-15(17)9-7-14)19(2)16-5-3-4-13(10-16)11-18/h3-10,12H,1-2H3. The van der Waals surface area contributed by atoms with Gasteiger partial charge >= 0.3 is 0 Å². The summed E-state index contributed by atoms with van der Waals surface area (Å²) in [5.74, 6) is 0. The highest BCUT2D eigenvalue weighted by atomic mass is 35.5. The predicted molar refractivity (Wildman–Crippen MR) is 79.4 cm³/mol. The Kier molecular flexibility index (Phi) is 4.09. The third-order valence-corrected chi connectivity index (χ3v) is 3.57. The second-order valence-corrected chi connectivity index (χ2v) is 4.94. The van der Waals surface area contributed by atoms with Gasteiger partial charge in [-0.2, -0.15) is 5.26 Å². The van der Waals surface area contributed by atoms with Gasteiger partial charge in [0, 0.05) is 17.8 Å². The van der Waals surface area contributed by atoms with Gasteiger partial charge < -0.3 is 4.90 Å². The lowest BCUT2D eigenvalue weighted by atomic mass is 10.1. The molecule has 0 aliphatic rings. The van der Waals surface area contributed by atoms with Gasteiger partial charge in [0.15, 0.2) is 0 Å². The van der Waals surface area contributed by atoms with Crippen molar-refractivity contribution in [3.8, 4) is 6.07 Å². The van der Waals surface area contributed by atoms with Crippen molar-refractivity contribution < 1.29 is 0 Å². The molecule has 1 atom stereocenters. The van der Waals surface area contributed by atoms with Crippen molar-refractivity contribution in [2.75, 3.05) is 11.9 Å². The number of hydrogen-bond acceptors (Lipinski definition) is 2. The van der Waals surface area contributed by atoms with Crippen LogP contribution in [0.1, 0.15) is 24.1 Å². The Labute approximate surface area is 118 Å². The predicted octanol–water partition coefficient (Wildman–Crippen LogP) is 4.41. The maximum absolute atomic E-state index is 8.95. The van der Waals surface area contributed by atoms with Gasteiger partial charge in [-0.25, -0.2) is 0 Å². The summed E-state index contributed by atoms with van der Waals surface area (Å²) >= 11 is 5.90. The number of hydrogen-bond donors (Lipinski definition) is 0. The molecular weight excluding hydrogens is 256 g/mol. The molecule has 0 spiro atoms. The molecule has 2 aromatic rings. The summed E-state index contributed by atoms with van der Waals surface area (Å²) in [4.78, 5) is 2.14. The van der Waals surface area contributed by atoms with Crippen molar-refractivity contribution in [2.45, 2.75) is 13.0 Å². The number of nitrogens with zero attached hydrogens (tertiary/aromatic N) is 2. The minimum absolute atomic E-state index is 0.214.